The van der Waals surface area contributed by atoms with Gasteiger partial charge in [-0.2, -0.15) is 5.26 Å². The Balaban J connectivity index is 2.24. The fourth-order valence-corrected chi connectivity index (χ4v) is 2.37. The lowest BCUT2D eigenvalue weighted by atomic mass is 10.1. The van der Waals surface area contributed by atoms with Crippen LogP contribution in [0.15, 0.2) is 48.5 Å². The van der Waals surface area contributed by atoms with Gasteiger partial charge < -0.3 is 4.90 Å². The van der Waals surface area contributed by atoms with Crippen LogP contribution in [0.2, 0.25) is 0 Å². The molecule has 2 aromatic carbocycles. The third-order valence-corrected chi connectivity index (χ3v) is 3.67. The maximum atomic E-state index is 12.1. The van der Waals surface area contributed by atoms with Crippen LogP contribution < -0.4 is 4.90 Å². The van der Waals surface area contributed by atoms with Gasteiger partial charge in [-0.1, -0.05) is 31.2 Å². The number of hydrogen-bond donors (Lipinski definition) is 0. The van der Waals surface area contributed by atoms with Crippen molar-refractivity contribution in [2.24, 2.45) is 0 Å². The second kappa shape index (κ2) is 7.46. The summed E-state index contributed by atoms with van der Waals surface area (Å²) in [6.07, 6.45) is 3.16. The van der Waals surface area contributed by atoms with Gasteiger partial charge in [0.25, 0.3) is 5.91 Å². The van der Waals surface area contributed by atoms with Crippen molar-refractivity contribution < 1.29 is 4.79 Å². The lowest BCUT2D eigenvalue weighted by Crippen LogP contribution is -2.22. The molecule has 0 aromatic heterocycles. The largest absolute Gasteiger partial charge is 0.345 e. The summed E-state index contributed by atoms with van der Waals surface area (Å²) in [6.45, 7) is 2.53. The second-order valence-corrected chi connectivity index (χ2v) is 5.61. The molecule has 0 aliphatic carbocycles. The number of amides is 1. The molecule has 0 radical (unpaired) electrons. The van der Waals surface area contributed by atoms with Gasteiger partial charge in [0.05, 0.1) is 12.2 Å². The normalized spacial score (nSPS) is 10.0. The smallest absolute Gasteiger partial charge is 0.253 e. The number of benzene rings is 2. The summed E-state index contributed by atoms with van der Waals surface area (Å²) in [7, 11) is 3.46. The van der Waals surface area contributed by atoms with Gasteiger partial charge in [-0.3, -0.25) is 9.69 Å². The Morgan fingerprint density at radius 1 is 1.09 bits per heavy atom. The summed E-state index contributed by atoms with van der Waals surface area (Å²) in [6, 6.07) is 15.4. The van der Waals surface area contributed by atoms with Crippen molar-refractivity contribution in [2.75, 3.05) is 19.0 Å². The predicted octanol–water partition coefficient (Wildman–Crippen LogP) is 3.44. The van der Waals surface area contributed by atoms with E-state index in [1.165, 1.54) is 5.56 Å². The summed E-state index contributed by atoms with van der Waals surface area (Å²) < 4.78 is 0. The molecule has 23 heavy (non-hydrogen) atoms. The zero-order valence-corrected chi connectivity index (χ0v) is 13.8. The van der Waals surface area contributed by atoms with Crippen LogP contribution in [-0.4, -0.2) is 24.9 Å². The van der Waals surface area contributed by atoms with Crippen molar-refractivity contribution in [2.45, 2.75) is 19.9 Å². The molecule has 0 fully saturated rings. The van der Waals surface area contributed by atoms with Gasteiger partial charge >= 0.3 is 0 Å². The Labute approximate surface area is 137 Å². The Hall–Kier alpha value is -2.80. The lowest BCUT2D eigenvalue weighted by molar-refractivity contribution is 0.0827. The summed E-state index contributed by atoms with van der Waals surface area (Å²) in [5.41, 5.74) is 3.63. The quantitative estimate of drug-likeness (QED) is 0.628. The minimum absolute atomic E-state index is 0.0386. The first-order valence-electron chi connectivity index (χ1n) is 7.62. The van der Waals surface area contributed by atoms with Crippen LogP contribution in [0.1, 0.15) is 28.4 Å². The SMILES string of the molecule is CCc1cccc(N(C#N)Cc2cccc(C(=O)N(C)C)c2)c1. The second-order valence-electron chi connectivity index (χ2n) is 5.61. The van der Waals surface area contributed by atoms with Crippen LogP contribution in [-0.2, 0) is 13.0 Å². The van der Waals surface area contributed by atoms with E-state index in [0.717, 1.165) is 17.7 Å². The Kier molecular flexibility index (Phi) is 5.37. The Morgan fingerprint density at radius 2 is 1.78 bits per heavy atom. The molecule has 4 nitrogen and oxygen atoms in total. The molecule has 0 spiro atoms. The van der Waals surface area contributed by atoms with Crippen LogP contribution in [0, 0.1) is 11.5 Å². The van der Waals surface area contributed by atoms with Crippen molar-refractivity contribution in [3.63, 3.8) is 0 Å². The number of hydrogen-bond acceptors (Lipinski definition) is 3. The third kappa shape index (κ3) is 4.10. The molecule has 0 aliphatic rings. The Bertz CT molecular complexity index is 731. The number of nitriles is 1. The van der Waals surface area contributed by atoms with Gasteiger partial charge in [0.15, 0.2) is 6.19 Å². The van der Waals surface area contributed by atoms with E-state index in [1.807, 2.05) is 36.4 Å². The van der Waals surface area contributed by atoms with Crippen LogP contribution in [0.5, 0.6) is 0 Å². The molecule has 4 heteroatoms. The molecule has 0 N–H and O–H groups in total. The van der Waals surface area contributed by atoms with Gasteiger partial charge in [-0.15, -0.1) is 0 Å². The molecule has 0 saturated carbocycles. The van der Waals surface area contributed by atoms with Crippen molar-refractivity contribution in [1.29, 1.82) is 5.26 Å². The van der Waals surface area contributed by atoms with Gasteiger partial charge in [0, 0.05) is 19.7 Å². The predicted molar refractivity (Wildman–Crippen MR) is 92.1 cm³/mol. The molecular formula is C19H21N3O. The highest BCUT2D eigenvalue weighted by Gasteiger charge is 2.11. The molecule has 2 aromatic rings. The summed E-state index contributed by atoms with van der Waals surface area (Å²) in [5, 5.41) is 9.47. The molecule has 0 bridgehead atoms. The van der Waals surface area contributed by atoms with E-state index in [-0.39, 0.29) is 5.91 Å². The number of nitrogens with zero attached hydrogens (tertiary/aromatic N) is 3. The van der Waals surface area contributed by atoms with Crippen molar-refractivity contribution >= 4 is 11.6 Å². The fraction of sp³-hybridized carbons (Fsp3) is 0.263. The standard InChI is InChI=1S/C19H21N3O/c1-4-15-7-6-10-18(12-15)22(14-20)13-16-8-5-9-17(11-16)19(23)21(2)3/h5-12H,4,13H2,1-3H3. The first kappa shape index (κ1) is 16.6. The van der Waals surface area contributed by atoms with E-state index < -0.39 is 0 Å². The van der Waals surface area contributed by atoms with Crippen molar-refractivity contribution in [3.05, 3.63) is 65.2 Å². The maximum absolute atomic E-state index is 12.1. The Morgan fingerprint density at radius 3 is 2.43 bits per heavy atom. The number of anilines is 1. The van der Waals surface area contributed by atoms with Gasteiger partial charge in [-0.05, 0) is 41.8 Å². The average Bonchev–Trinajstić information content (AvgIpc) is 2.59. The molecule has 0 saturated heterocycles. The molecule has 118 valence electrons. The minimum atomic E-state index is -0.0386. The fourth-order valence-electron chi connectivity index (χ4n) is 2.37. The third-order valence-electron chi connectivity index (χ3n) is 3.67. The monoisotopic (exact) mass is 307 g/mol. The van der Waals surface area contributed by atoms with Crippen LogP contribution in [0.3, 0.4) is 0 Å². The number of aryl methyl sites for hydroxylation is 1. The molecule has 0 atom stereocenters. The molecule has 0 heterocycles. The van der Waals surface area contributed by atoms with Crippen LogP contribution in [0.4, 0.5) is 5.69 Å². The lowest BCUT2D eigenvalue weighted by Gasteiger charge is -2.17. The van der Waals surface area contributed by atoms with Crippen molar-refractivity contribution in [1.82, 2.24) is 4.90 Å². The molecule has 2 rings (SSSR count). The zero-order valence-electron chi connectivity index (χ0n) is 13.8. The zero-order chi connectivity index (χ0) is 16.8. The van der Waals surface area contributed by atoms with E-state index in [9.17, 15) is 10.1 Å². The summed E-state index contributed by atoms with van der Waals surface area (Å²) in [4.78, 5) is 15.2. The highest BCUT2D eigenvalue weighted by Crippen LogP contribution is 2.19. The number of carbonyl (C=O) groups is 1. The molecule has 0 unspecified atom stereocenters. The van der Waals surface area contributed by atoms with Crippen LogP contribution >= 0.6 is 0 Å². The van der Waals surface area contributed by atoms with E-state index in [4.69, 9.17) is 0 Å². The topological polar surface area (TPSA) is 47.3 Å². The van der Waals surface area contributed by atoms with Gasteiger partial charge in [0.1, 0.15) is 0 Å². The summed E-state index contributed by atoms with van der Waals surface area (Å²) >= 11 is 0. The molecule has 0 aliphatic heterocycles. The van der Waals surface area contributed by atoms with Crippen LogP contribution in [0.25, 0.3) is 0 Å². The first-order valence-corrected chi connectivity index (χ1v) is 7.62. The highest BCUT2D eigenvalue weighted by atomic mass is 16.2. The molecule has 1 amide bonds. The maximum Gasteiger partial charge on any atom is 0.253 e. The average molecular weight is 307 g/mol. The van der Waals surface area contributed by atoms with E-state index in [0.29, 0.717) is 12.1 Å². The van der Waals surface area contributed by atoms with Gasteiger partial charge in [-0.25, -0.2) is 0 Å². The minimum Gasteiger partial charge on any atom is -0.345 e. The van der Waals surface area contributed by atoms with E-state index in [1.54, 1.807) is 30.0 Å². The van der Waals surface area contributed by atoms with E-state index in [2.05, 4.69) is 19.2 Å². The first-order chi connectivity index (χ1) is 11.0. The number of rotatable bonds is 5. The highest BCUT2D eigenvalue weighted by molar-refractivity contribution is 5.94. The van der Waals surface area contributed by atoms with Crippen molar-refractivity contribution in [3.8, 4) is 6.19 Å². The summed E-state index contributed by atoms with van der Waals surface area (Å²) in [5.74, 6) is -0.0386. The van der Waals surface area contributed by atoms with Gasteiger partial charge in [0.2, 0.25) is 0 Å². The molecular weight excluding hydrogens is 286 g/mol. The van der Waals surface area contributed by atoms with E-state index >= 15 is 0 Å². The number of carbonyl (C=O) groups excluding carboxylic acids is 1.